The van der Waals surface area contributed by atoms with Gasteiger partial charge >= 0.3 is 0 Å². The van der Waals surface area contributed by atoms with Gasteiger partial charge in [0.05, 0.1) is 0 Å². The summed E-state index contributed by atoms with van der Waals surface area (Å²) < 4.78 is 0. The Balaban J connectivity index is 1.42. The average Bonchev–Trinajstić information content (AvgIpc) is 2.55. The lowest BCUT2D eigenvalue weighted by molar-refractivity contribution is 0.147. The van der Waals surface area contributed by atoms with Gasteiger partial charge in [0.2, 0.25) is 5.95 Å². The summed E-state index contributed by atoms with van der Waals surface area (Å²) >= 11 is 0. The average molecular weight is 302 g/mol. The van der Waals surface area contributed by atoms with Crippen LogP contribution in [0.5, 0.6) is 0 Å². The van der Waals surface area contributed by atoms with Crippen molar-refractivity contribution in [1.29, 1.82) is 0 Å². The third kappa shape index (κ3) is 3.97. The van der Waals surface area contributed by atoms with Crippen LogP contribution in [-0.4, -0.2) is 47.1 Å². The van der Waals surface area contributed by atoms with E-state index in [0.717, 1.165) is 36.6 Å². The van der Waals surface area contributed by atoms with Crippen molar-refractivity contribution in [2.45, 2.75) is 58.4 Å². The fourth-order valence-electron chi connectivity index (χ4n) is 3.81. The van der Waals surface area contributed by atoms with Gasteiger partial charge in [0.1, 0.15) is 0 Å². The van der Waals surface area contributed by atoms with Gasteiger partial charge in [-0.1, -0.05) is 6.42 Å². The van der Waals surface area contributed by atoms with Crippen LogP contribution in [0, 0.1) is 12.8 Å². The van der Waals surface area contributed by atoms with Crippen LogP contribution in [0.25, 0.3) is 0 Å². The third-order valence-electron chi connectivity index (χ3n) is 5.43. The first kappa shape index (κ1) is 15.7. The van der Waals surface area contributed by atoms with E-state index >= 15 is 0 Å². The highest BCUT2D eigenvalue weighted by molar-refractivity contribution is 5.30. The Labute approximate surface area is 134 Å². The van der Waals surface area contributed by atoms with Crippen LogP contribution in [0.3, 0.4) is 0 Å². The summed E-state index contributed by atoms with van der Waals surface area (Å²) in [5.41, 5.74) is 1.13. The molecule has 1 aromatic rings. The largest absolute Gasteiger partial charge is 0.341 e. The molecule has 2 aliphatic heterocycles. The molecule has 0 aliphatic carbocycles. The highest BCUT2D eigenvalue weighted by Gasteiger charge is 2.23. The second-order valence-electron chi connectivity index (χ2n) is 7.16. The van der Waals surface area contributed by atoms with E-state index in [-0.39, 0.29) is 0 Å². The van der Waals surface area contributed by atoms with E-state index in [4.69, 9.17) is 0 Å². The first-order valence-corrected chi connectivity index (χ1v) is 9.00. The first-order chi connectivity index (χ1) is 10.7. The summed E-state index contributed by atoms with van der Waals surface area (Å²) in [5.74, 6) is 1.80. The Morgan fingerprint density at radius 2 is 1.77 bits per heavy atom. The fraction of sp³-hybridized carbons (Fsp3) is 0.778. The van der Waals surface area contributed by atoms with E-state index in [9.17, 15) is 0 Å². The molecule has 0 amide bonds. The van der Waals surface area contributed by atoms with Crippen molar-refractivity contribution >= 4 is 5.95 Å². The molecule has 1 aromatic heterocycles. The van der Waals surface area contributed by atoms with Gasteiger partial charge in [-0.2, -0.15) is 0 Å². The Bertz CT molecular complexity index is 451. The van der Waals surface area contributed by atoms with Crippen LogP contribution in [0.1, 0.15) is 51.0 Å². The summed E-state index contributed by atoms with van der Waals surface area (Å²) in [7, 11) is 0. The second kappa shape index (κ2) is 7.40. The lowest BCUT2D eigenvalue weighted by Gasteiger charge is -2.36. The molecule has 0 spiro atoms. The number of likely N-dealkylation sites (tertiary alicyclic amines) is 1. The van der Waals surface area contributed by atoms with Gasteiger partial charge in [0.15, 0.2) is 0 Å². The molecule has 4 heteroatoms. The molecule has 0 saturated carbocycles. The number of aryl methyl sites for hydroxylation is 1. The molecule has 0 aromatic carbocycles. The van der Waals surface area contributed by atoms with Crippen molar-refractivity contribution < 1.29 is 0 Å². The predicted octanol–water partition coefficient (Wildman–Crippen LogP) is 3.27. The molecule has 22 heavy (non-hydrogen) atoms. The minimum Gasteiger partial charge on any atom is -0.341 e. The maximum absolute atomic E-state index is 4.46. The quantitative estimate of drug-likeness (QED) is 0.854. The van der Waals surface area contributed by atoms with Gasteiger partial charge in [0.25, 0.3) is 0 Å². The third-order valence-corrected chi connectivity index (χ3v) is 5.43. The molecule has 1 atom stereocenters. The van der Waals surface area contributed by atoms with Crippen molar-refractivity contribution in [3.05, 3.63) is 18.0 Å². The zero-order valence-electron chi connectivity index (χ0n) is 14.2. The maximum Gasteiger partial charge on any atom is 0.225 e. The minimum atomic E-state index is 0.801. The summed E-state index contributed by atoms with van der Waals surface area (Å²) in [6, 6.07) is 0.801. The van der Waals surface area contributed by atoms with Gasteiger partial charge in [-0.05, 0) is 70.5 Å². The number of aromatic nitrogens is 2. The highest BCUT2D eigenvalue weighted by atomic mass is 15.2. The molecule has 0 bridgehead atoms. The zero-order chi connectivity index (χ0) is 15.4. The SMILES string of the molecule is Cc1cnc(N2CCC(CCN3CCCCC3C)CC2)nc1. The van der Waals surface area contributed by atoms with Crippen LogP contribution in [0.4, 0.5) is 5.95 Å². The molecule has 2 aliphatic rings. The monoisotopic (exact) mass is 302 g/mol. The lowest BCUT2D eigenvalue weighted by Crippen LogP contribution is -2.40. The normalized spacial score (nSPS) is 24.6. The number of hydrogen-bond acceptors (Lipinski definition) is 4. The topological polar surface area (TPSA) is 32.3 Å². The Morgan fingerprint density at radius 3 is 2.45 bits per heavy atom. The molecular formula is C18H30N4. The smallest absolute Gasteiger partial charge is 0.225 e. The van der Waals surface area contributed by atoms with Crippen LogP contribution >= 0.6 is 0 Å². The highest BCUT2D eigenvalue weighted by Crippen LogP contribution is 2.25. The molecule has 122 valence electrons. The zero-order valence-corrected chi connectivity index (χ0v) is 14.2. The van der Waals surface area contributed by atoms with E-state index in [1.54, 1.807) is 0 Å². The van der Waals surface area contributed by atoms with Gasteiger partial charge in [-0.3, -0.25) is 0 Å². The van der Waals surface area contributed by atoms with Crippen LogP contribution < -0.4 is 4.90 Å². The van der Waals surface area contributed by atoms with Crippen LogP contribution in [0.15, 0.2) is 12.4 Å². The van der Waals surface area contributed by atoms with E-state index in [1.807, 2.05) is 19.3 Å². The Hall–Kier alpha value is -1.16. The van der Waals surface area contributed by atoms with Crippen molar-refractivity contribution in [2.24, 2.45) is 5.92 Å². The summed E-state index contributed by atoms with van der Waals surface area (Å²) in [5, 5.41) is 0. The van der Waals surface area contributed by atoms with Gasteiger partial charge < -0.3 is 9.80 Å². The summed E-state index contributed by atoms with van der Waals surface area (Å²) in [6.45, 7) is 9.28. The molecule has 3 rings (SSSR count). The van der Waals surface area contributed by atoms with E-state index in [2.05, 4.69) is 26.7 Å². The van der Waals surface area contributed by atoms with E-state index < -0.39 is 0 Å². The summed E-state index contributed by atoms with van der Waals surface area (Å²) in [4.78, 5) is 14.0. The molecule has 2 fully saturated rings. The minimum absolute atomic E-state index is 0.801. The van der Waals surface area contributed by atoms with Gasteiger partial charge in [0, 0.05) is 31.5 Å². The molecule has 4 nitrogen and oxygen atoms in total. The second-order valence-corrected chi connectivity index (χ2v) is 7.16. The molecule has 0 radical (unpaired) electrons. The van der Waals surface area contributed by atoms with Crippen molar-refractivity contribution in [2.75, 3.05) is 31.1 Å². The molecule has 0 N–H and O–H groups in total. The number of nitrogens with zero attached hydrogens (tertiary/aromatic N) is 4. The summed E-state index contributed by atoms with van der Waals surface area (Å²) in [6.07, 6.45) is 12.0. The number of piperidine rings is 2. The van der Waals surface area contributed by atoms with Crippen LogP contribution in [0.2, 0.25) is 0 Å². The lowest BCUT2D eigenvalue weighted by atomic mass is 9.92. The molecular weight excluding hydrogens is 272 g/mol. The molecule has 2 saturated heterocycles. The van der Waals surface area contributed by atoms with Crippen molar-refractivity contribution in [3.8, 4) is 0 Å². The van der Waals surface area contributed by atoms with E-state index in [1.165, 1.54) is 51.6 Å². The van der Waals surface area contributed by atoms with E-state index in [0.29, 0.717) is 0 Å². The number of anilines is 1. The number of hydrogen-bond donors (Lipinski definition) is 0. The Morgan fingerprint density at radius 1 is 1.05 bits per heavy atom. The van der Waals surface area contributed by atoms with Crippen molar-refractivity contribution in [1.82, 2.24) is 14.9 Å². The standard InChI is InChI=1S/C18H30N4/c1-15-13-19-18(20-14-15)22-11-7-17(8-12-22)6-10-21-9-4-3-5-16(21)2/h13-14,16-17H,3-12H2,1-2H3. The van der Waals surface area contributed by atoms with Crippen molar-refractivity contribution in [3.63, 3.8) is 0 Å². The first-order valence-electron chi connectivity index (χ1n) is 9.00. The fourth-order valence-corrected chi connectivity index (χ4v) is 3.81. The van der Waals surface area contributed by atoms with Gasteiger partial charge in [-0.15, -0.1) is 0 Å². The van der Waals surface area contributed by atoms with Crippen LogP contribution in [-0.2, 0) is 0 Å². The molecule has 1 unspecified atom stereocenters. The predicted molar refractivity (Wildman–Crippen MR) is 91.2 cm³/mol. The molecule has 3 heterocycles. The maximum atomic E-state index is 4.46. The Kier molecular flexibility index (Phi) is 5.29. The number of rotatable bonds is 4. The van der Waals surface area contributed by atoms with Gasteiger partial charge in [-0.25, -0.2) is 9.97 Å².